The van der Waals surface area contributed by atoms with E-state index in [-0.39, 0.29) is 0 Å². The first-order valence-electron chi connectivity index (χ1n) is 2.52. The van der Waals surface area contributed by atoms with Gasteiger partial charge in [-0.05, 0) is 6.92 Å². The zero-order chi connectivity index (χ0) is 7.49. The molecule has 0 rings (SSSR count). The van der Waals surface area contributed by atoms with Crippen LogP contribution in [0.25, 0.3) is 0 Å². The molecule has 0 spiro atoms. The molecule has 0 saturated carbocycles. The van der Waals surface area contributed by atoms with Crippen LogP contribution in [0.1, 0.15) is 6.92 Å². The lowest BCUT2D eigenvalue weighted by molar-refractivity contribution is 0.609. The first-order valence-corrected chi connectivity index (χ1v) is 4.47. The zero-order valence-electron chi connectivity index (χ0n) is 5.80. The number of nitrogens with one attached hydrogen (secondary N) is 1. The third-order valence-electron chi connectivity index (χ3n) is 0.785. The summed E-state index contributed by atoms with van der Waals surface area (Å²) >= 11 is 0. The predicted molar refractivity (Wildman–Crippen MR) is 37.7 cm³/mol. The van der Waals surface area contributed by atoms with Gasteiger partial charge in [-0.25, -0.2) is 8.42 Å². The minimum atomic E-state index is -2.96. The molecule has 0 fully saturated rings. The molecule has 0 aliphatic rings. The van der Waals surface area contributed by atoms with E-state index in [0.717, 1.165) is 6.26 Å². The SMILES string of the molecule is CN/C(C)=C/S(C)(=O)=O. The van der Waals surface area contributed by atoms with Crippen LogP contribution >= 0.6 is 0 Å². The van der Waals surface area contributed by atoms with E-state index in [1.165, 1.54) is 5.41 Å². The van der Waals surface area contributed by atoms with E-state index < -0.39 is 9.84 Å². The molecule has 1 N–H and O–H groups in total. The van der Waals surface area contributed by atoms with Crippen LogP contribution in [0, 0.1) is 0 Å². The lowest BCUT2D eigenvalue weighted by atomic mass is 10.6. The van der Waals surface area contributed by atoms with Crippen LogP contribution in [-0.4, -0.2) is 21.7 Å². The van der Waals surface area contributed by atoms with Crippen molar-refractivity contribution in [2.75, 3.05) is 13.3 Å². The van der Waals surface area contributed by atoms with Crippen molar-refractivity contribution in [2.24, 2.45) is 0 Å². The summed E-state index contributed by atoms with van der Waals surface area (Å²) in [5.41, 5.74) is 0.650. The maximum Gasteiger partial charge on any atom is 0.170 e. The molecule has 0 saturated heterocycles. The van der Waals surface area contributed by atoms with Crippen molar-refractivity contribution in [3.63, 3.8) is 0 Å². The molecule has 9 heavy (non-hydrogen) atoms. The molecule has 0 aromatic rings. The summed E-state index contributed by atoms with van der Waals surface area (Å²) in [6, 6.07) is 0. The molecular formula is C5H11NO2S. The fraction of sp³-hybridized carbons (Fsp3) is 0.600. The van der Waals surface area contributed by atoms with Gasteiger partial charge in [0.2, 0.25) is 0 Å². The molecule has 0 atom stereocenters. The normalized spacial score (nSPS) is 13.4. The van der Waals surface area contributed by atoms with Gasteiger partial charge in [-0.1, -0.05) is 0 Å². The Balaban J connectivity index is 4.32. The predicted octanol–water partition coefficient (Wildman–Crippen LogP) is 0.112. The second kappa shape index (κ2) is 2.87. The van der Waals surface area contributed by atoms with Gasteiger partial charge < -0.3 is 5.32 Å². The highest BCUT2D eigenvalue weighted by atomic mass is 32.2. The summed E-state index contributed by atoms with van der Waals surface area (Å²) in [7, 11) is -1.28. The van der Waals surface area contributed by atoms with Gasteiger partial charge in [0.1, 0.15) is 0 Å². The van der Waals surface area contributed by atoms with Crippen LogP contribution in [0.2, 0.25) is 0 Å². The summed E-state index contributed by atoms with van der Waals surface area (Å²) in [6.45, 7) is 1.70. The molecule has 0 aromatic carbocycles. The van der Waals surface area contributed by atoms with Crippen molar-refractivity contribution in [1.29, 1.82) is 0 Å². The van der Waals surface area contributed by atoms with Crippen LogP contribution in [-0.2, 0) is 9.84 Å². The zero-order valence-corrected chi connectivity index (χ0v) is 6.62. The third kappa shape index (κ3) is 5.36. The summed E-state index contributed by atoms with van der Waals surface area (Å²) < 4.78 is 21.0. The molecule has 0 heterocycles. The smallest absolute Gasteiger partial charge is 0.170 e. The van der Waals surface area contributed by atoms with Crippen LogP contribution in [0.4, 0.5) is 0 Å². The van der Waals surface area contributed by atoms with Gasteiger partial charge in [0.25, 0.3) is 0 Å². The Labute approximate surface area is 55.7 Å². The fourth-order valence-corrected chi connectivity index (χ4v) is 1.14. The minimum Gasteiger partial charge on any atom is -0.391 e. The Kier molecular flexibility index (Phi) is 2.70. The summed E-state index contributed by atoms with van der Waals surface area (Å²) in [5.74, 6) is 0. The number of allylic oxidation sites excluding steroid dienone is 1. The second-order valence-electron chi connectivity index (χ2n) is 1.88. The van der Waals surface area contributed by atoms with Crippen molar-refractivity contribution in [3.8, 4) is 0 Å². The van der Waals surface area contributed by atoms with Gasteiger partial charge >= 0.3 is 0 Å². The molecular weight excluding hydrogens is 138 g/mol. The van der Waals surface area contributed by atoms with E-state index in [1.807, 2.05) is 0 Å². The molecule has 0 unspecified atom stereocenters. The van der Waals surface area contributed by atoms with Crippen LogP contribution in [0.5, 0.6) is 0 Å². The topological polar surface area (TPSA) is 46.2 Å². The Hall–Kier alpha value is -0.510. The Morgan fingerprint density at radius 1 is 1.56 bits per heavy atom. The number of rotatable bonds is 2. The molecule has 0 aromatic heterocycles. The lowest BCUT2D eigenvalue weighted by Crippen LogP contribution is -2.04. The summed E-state index contributed by atoms with van der Waals surface area (Å²) in [4.78, 5) is 0. The van der Waals surface area contributed by atoms with E-state index in [9.17, 15) is 8.42 Å². The monoisotopic (exact) mass is 149 g/mol. The number of hydrogen-bond acceptors (Lipinski definition) is 3. The Bertz CT molecular complexity index is 203. The minimum absolute atomic E-state index is 0.650. The lowest BCUT2D eigenvalue weighted by Gasteiger charge is -1.95. The third-order valence-corrected chi connectivity index (χ3v) is 1.57. The van der Waals surface area contributed by atoms with Gasteiger partial charge in [0, 0.05) is 24.4 Å². The molecule has 0 aliphatic carbocycles. The molecule has 0 amide bonds. The quantitative estimate of drug-likeness (QED) is 0.606. The van der Waals surface area contributed by atoms with E-state index in [0.29, 0.717) is 5.70 Å². The summed E-state index contributed by atoms with van der Waals surface area (Å²) in [5, 5.41) is 3.89. The van der Waals surface area contributed by atoms with Crippen LogP contribution in [0.15, 0.2) is 11.1 Å². The highest BCUT2D eigenvalue weighted by molar-refractivity contribution is 7.93. The van der Waals surface area contributed by atoms with E-state index >= 15 is 0 Å². The highest BCUT2D eigenvalue weighted by Crippen LogP contribution is 1.90. The second-order valence-corrected chi connectivity index (χ2v) is 3.78. The molecule has 0 aliphatic heterocycles. The van der Waals surface area contributed by atoms with Gasteiger partial charge in [0.05, 0.1) is 0 Å². The van der Waals surface area contributed by atoms with E-state index in [4.69, 9.17) is 0 Å². The van der Waals surface area contributed by atoms with Gasteiger partial charge in [0.15, 0.2) is 9.84 Å². The maximum absolute atomic E-state index is 10.5. The first-order chi connectivity index (χ1) is 3.95. The summed E-state index contributed by atoms with van der Waals surface area (Å²) in [6.07, 6.45) is 1.16. The van der Waals surface area contributed by atoms with Crippen LogP contribution < -0.4 is 5.32 Å². The van der Waals surface area contributed by atoms with Gasteiger partial charge in [-0.15, -0.1) is 0 Å². The van der Waals surface area contributed by atoms with Crippen molar-refractivity contribution >= 4 is 9.84 Å². The van der Waals surface area contributed by atoms with E-state index in [2.05, 4.69) is 5.32 Å². The Morgan fingerprint density at radius 2 is 2.00 bits per heavy atom. The number of sulfone groups is 1. The van der Waals surface area contributed by atoms with Crippen LogP contribution in [0.3, 0.4) is 0 Å². The molecule has 0 radical (unpaired) electrons. The molecule has 54 valence electrons. The fourth-order valence-electron chi connectivity index (χ4n) is 0.380. The molecule has 3 nitrogen and oxygen atoms in total. The standard InChI is InChI=1S/C5H11NO2S/c1-5(6-2)4-9(3,7)8/h4,6H,1-3H3/b5-4+. The molecule has 4 heteroatoms. The number of hydrogen-bond donors (Lipinski definition) is 1. The van der Waals surface area contributed by atoms with Gasteiger partial charge in [-0.3, -0.25) is 0 Å². The van der Waals surface area contributed by atoms with Crippen molar-refractivity contribution in [2.45, 2.75) is 6.92 Å². The van der Waals surface area contributed by atoms with Crippen molar-refractivity contribution in [1.82, 2.24) is 5.32 Å². The van der Waals surface area contributed by atoms with Crippen molar-refractivity contribution < 1.29 is 8.42 Å². The highest BCUT2D eigenvalue weighted by Gasteiger charge is 1.94. The van der Waals surface area contributed by atoms with Gasteiger partial charge in [-0.2, -0.15) is 0 Å². The maximum atomic E-state index is 10.5. The average Bonchev–Trinajstić information content (AvgIpc) is 1.62. The Morgan fingerprint density at radius 3 is 2.11 bits per heavy atom. The van der Waals surface area contributed by atoms with Crippen molar-refractivity contribution in [3.05, 3.63) is 11.1 Å². The van der Waals surface area contributed by atoms with E-state index in [1.54, 1.807) is 14.0 Å². The average molecular weight is 149 g/mol. The largest absolute Gasteiger partial charge is 0.391 e. The first kappa shape index (κ1) is 8.49. The molecule has 0 bridgehead atoms.